The van der Waals surface area contributed by atoms with Gasteiger partial charge in [-0.25, -0.2) is 0 Å². The molecule has 2 aliphatic rings. The van der Waals surface area contributed by atoms with Crippen LogP contribution in [0.4, 0.5) is 0 Å². The summed E-state index contributed by atoms with van der Waals surface area (Å²) in [5.41, 5.74) is 0.306. The number of nitrogens with zero attached hydrogens (tertiary/aromatic N) is 1. The molecule has 0 radical (unpaired) electrons. The van der Waals surface area contributed by atoms with Gasteiger partial charge in [-0.3, -0.25) is 9.59 Å². The van der Waals surface area contributed by atoms with E-state index in [-0.39, 0.29) is 5.91 Å². The number of carboxylic acid groups (broad SMARTS) is 1. The Balaban J connectivity index is 1.86. The minimum absolute atomic E-state index is 0.175. The zero-order chi connectivity index (χ0) is 12.5. The SMILES string of the molecule is CC(=O)N1CCC2(CCC(CC(=O)O)CC2)C1. The molecule has 96 valence electrons. The first-order valence-corrected chi connectivity index (χ1v) is 6.48. The fraction of sp³-hybridized carbons (Fsp3) is 0.846. The van der Waals surface area contributed by atoms with E-state index >= 15 is 0 Å². The summed E-state index contributed by atoms with van der Waals surface area (Å²) in [6, 6.07) is 0. The van der Waals surface area contributed by atoms with Crippen molar-refractivity contribution in [3.8, 4) is 0 Å². The van der Waals surface area contributed by atoms with Gasteiger partial charge >= 0.3 is 5.97 Å². The summed E-state index contributed by atoms with van der Waals surface area (Å²) < 4.78 is 0. The lowest BCUT2D eigenvalue weighted by atomic mass is 9.69. The predicted molar refractivity (Wildman–Crippen MR) is 63.5 cm³/mol. The van der Waals surface area contributed by atoms with E-state index in [1.54, 1.807) is 6.92 Å². The molecule has 0 bridgehead atoms. The summed E-state index contributed by atoms with van der Waals surface area (Å²) in [7, 11) is 0. The topological polar surface area (TPSA) is 57.6 Å². The van der Waals surface area contributed by atoms with Crippen molar-refractivity contribution in [2.75, 3.05) is 13.1 Å². The summed E-state index contributed by atoms with van der Waals surface area (Å²) in [5, 5.41) is 8.78. The molecule has 0 aromatic rings. The molecule has 1 aliphatic carbocycles. The van der Waals surface area contributed by atoms with Gasteiger partial charge in [0.05, 0.1) is 0 Å². The number of hydrogen-bond donors (Lipinski definition) is 1. The maximum absolute atomic E-state index is 11.3. The van der Waals surface area contributed by atoms with Gasteiger partial charge in [-0.2, -0.15) is 0 Å². The first kappa shape index (κ1) is 12.4. The van der Waals surface area contributed by atoms with Crippen molar-refractivity contribution >= 4 is 11.9 Å². The summed E-state index contributed by atoms with van der Waals surface area (Å²) in [6.07, 6.45) is 5.62. The Hall–Kier alpha value is -1.06. The maximum Gasteiger partial charge on any atom is 0.303 e. The third-order valence-electron chi connectivity index (χ3n) is 4.51. The van der Waals surface area contributed by atoms with E-state index in [0.29, 0.717) is 17.8 Å². The number of hydrogen-bond acceptors (Lipinski definition) is 2. The number of carbonyl (C=O) groups is 2. The lowest BCUT2D eigenvalue weighted by Gasteiger charge is -2.36. The van der Waals surface area contributed by atoms with E-state index in [9.17, 15) is 9.59 Å². The van der Waals surface area contributed by atoms with Gasteiger partial charge in [0.2, 0.25) is 5.91 Å². The second-order valence-electron chi connectivity index (χ2n) is 5.73. The normalized spacial score (nSPS) is 33.0. The van der Waals surface area contributed by atoms with Crippen molar-refractivity contribution < 1.29 is 14.7 Å². The van der Waals surface area contributed by atoms with Crippen molar-refractivity contribution in [2.45, 2.75) is 45.4 Å². The van der Waals surface area contributed by atoms with Gasteiger partial charge in [-0.15, -0.1) is 0 Å². The highest BCUT2D eigenvalue weighted by Crippen LogP contribution is 2.46. The maximum atomic E-state index is 11.3. The van der Waals surface area contributed by atoms with Crippen LogP contribution >= 0.6 is 0 Å². The molecule has 1 saturated heterocycles. The van der Waals surface area contributed by atoms with E-state index in [1.807, 2.05) is 4.90 Å². The highest BCUT2D eigenvalue weighted by molar-refractivity contribution is 5.73. The molecule has 1 saturated carbocycles. The smallest absolute Gasteiger partial charge is 0.303 e. The zero-order valence-corrected chi connectivity index (χ0v) is 10.4. The molecule has 0 atom stereocenters. The van der Waals surface area contributed by atoms with Gasteiger partial charge in [-0.1, -0.05) is 0 Å². The minimum atomic E-state index is -0.678. The van der Waals surface area contributed by atoms with E-state index in [0.717, 1.165) is 45.2 Å². The third kappa shape index (κ3) is 2.79. The Bertz CT molecular complexity index is 319. The number of rotatable bonds is 2. The zero-order valence-electron chi connectivity index (χ0n) is 10.4. The molecule has 0 unspecified atom stereocenters. The first-order valence-electron chi connectivity index (χ1n) is 6.48. The van der Waals surface area contributed by atoms with Crippen LogP contribution in [-0.2, 0) is 9.59 Å². The summed E-state index contributed by atoms with van der Waals surface area (Å²) in [5.74, 6) is -0.151. The van der Waals surface area contributed by atoms with Crippen molar-refractivity contribution in [2.24, 2.45) is 11.3 Å². The molecule has 4 heteroatoms. The van der Waals surface area contributed by atoms with Crippen molar-refractivity contribution in [3.63, 3.8) is 0 Å². The second kappa shape index (κ2) is 4.67. The molecule has 2 rings (SSSR count). The number of carbonyl (C=O) groups excluding carboxylic acids is 1. The Morgan fingerprint density at radius 1 is 1.29 bits per heavy atom. The summed E-state index contributed by atoms with van der Waals surface area (Å²) >= 11 is 0. The van der Waals surface area contributed by atoms with E-state index in [4.69, 9.17) is 5.11 Å². The lowest BCUT2D eigenvalue weighted by Crippen LogP contribution is -2.33. The number of likely N-dealkylation sites (tertiary alicyclic amines) is 1. The molecule has 1 N–H and O–H groups in total. The van der Waals surface area contributed by atoms with Crippen LogP contribution in [0, 0.1) is 11.3 Å². The van der Waals surface area contributed by atoms with Crippen LogP contribution < -0.4 is 0 Å². The van der Waals surface area contributed by atoms with Crippen molar-refractivity contribution in [3.05, 3.63) is 0 Å². The predicted octanol–water partition coefficient (Wildman–Crippen LogP) is 1.89. The molecular weight excluding hydrogens is 218 g/mol. The lowest BCUT2D eigenvalue weighted by molar-refractivity contribution is -0.138. The van der Waals surface area contributed by atoms with Gasteiger partial charge in [0.15, 0.2) is 0 Å². The Morgan fingerprint density at radius 3 is 2.41 bits per heavy atom. The van der Waals surface area contributed by atoms with Crippen LogP contribution in [0.3, 0.4) is 0 Å². The molecule has 1 spiro atoms. The van der Waals surface area contributed by atoms with Crippen LogP contribution in [0.25, 0.3) is 0 Å². The van der Waals surface area contributed by atoms with Crippen LogP contribution in [-0.4, -0.2) is 35.0 Å². The molecule has 2 fully saturated rings. The van der Waals surface area contributed by atoms with E-state index in [1.165, 1.54) is 0 Å². The van der Waals surface area contributed by atoms with Crippen LogP contribution in [0.5, 0.6) is 0 Å². The van der Waals surface area contributed by atoms with Gasteiger partial charge in [0.1, 0.15) is 0 Å². The van der Waals surface area contributed by atoms with Gasteiger partial charge in [0, 0.05) is 26.4 Å². The fourth-order valence-corrected chi connectivity index (χ4v) is 3.35. The quantitative estimate of drug-likeness (QED) is 0.800. The molecule has 0 aromatic carbocycles. The largest absolute Gasteiger partial charge is 0.481 e. The molecule has 1 heterocycles. The molecular formula is C13H21NO3. The number of carboxylic acids is 1. The molecule has 17 heavy (non-hydrogen) atoms. The average Bonchev–Trinajstić information content (AvgIpc) is 2.66. The van der Waals surface area contributed by atoms with Gasteiger partial charge in [-0.05, 0) is 43.4 Å². The minimum Gasteiger partial charge on any atom is -0.481 e. The van der Waals surface area contributed by atoms with Gasteiger partial charge < -0.3 is 10.0 Å². The fourth-order valence-electron chi connectivity index (χ4n) is 3.35. The van der Waals surface area contributed by atoms with E-state index in [2.05, 4.69) is 0 Å². The third-order valence-corrected chi connectivity index (χ3v) is 4.51. The number of aliphatic carboxylic acids is 1. The second-order valence-corrected chi connectivity index (χ2v) is 5.73. The average molecular weight is 239 g/mol. The molecule has 1 aliphatic heterocycles. The van der Waals surface area contributed by atoms with Gasteiger partial charge in [0.25, 0.3) is 0 Å². The van der Waals surface area contributed by atoms with Crippen molar-refractivity contribution in [1.29, 1.82) is 0 Å². The first-order chi connectivity index (χ1) is 8.01. The Kier molecular flexibility index (Phi) is 3.40. The standard InChI is InChI=1S/C13H21NO3/c1-10(15)14-7-6-13(9-14)4-2-11(3-5-13)8-12(16)17/h11H,2-9H2,1H3,(H,16,17). The highest BCUT2D eigenvalue weighted by Gasteiger charge is 2.41. The number of amides is 1. The van der Waals surface area contributed by atoms with Crippen LogP contribution in [0.1, 0.15) is 45.4 Å². The molecule has 4 nitrogen and oxygen atoms in total. The van der Waals surface area contributed by atoms with Crippen LogP contribution in [0.15, 0.2) is 0 Å². The summed E-state index contributed by atoms with van der Waals surface area (Å²) in [6.45, 7) is 3.41. The van der Waals surface area contributed by atoms with Crippen molar-refractivity contribution in [1.82, 2.24) is 4.90 Å². The monoisotopic (exact) mass is 239 g/mol. The van der Waals surface area contributed by atoms with Crippen LogP contribution in [0.2, 0.25) is 0 Å². The Labute approximate surface area is 102 Å². The Morgan fingerprint density at radius 2 is 1.94 bits per heavy atom. The summed E-state index contributed by atoms with van der Waals surface area (Å²) in [4.78, 5) is 23.9. The molecule has 1 amide bonds. The highest BCUT2D eigenvalue weighted by atomic mass is 16.4. The van der Waals surface area contributed by atoms with E-state index < -0.39 is 5.97 Å². The molecule has 0 aromatic heterocycles.